The molecule has 0 spiro atoms. The highest BCUT2D eigenvalue weighted by atomic mass is 31.0. The third-order valence-electron chi connectivity index (χ3n) is 1.93. The van der Waals surface area contributed by atoms with E-state index in [2.05, 4.69) is 58.3 Å². The second-order valence-corrected chi connectivity index (χ2v) is 3.17. The summed E-state index contributed by atoms with van der Waals surface area (Å²) in [5.41, 5.74) is 9.86. The molecule has 0 aliphatic carbocycles. The van der Waals surface area contributed by atoms with Crippen molar-refractivity contribution in [1.82, 2.24) is 0 Å². The molecule has 0 aromatic heterocycles. The van der Waals surface area contributed by atoms with Gasteiger partial charge in [-0.05, 0) is 26.0 Å². The van der Waals surface area contributed by atoms with Crippen molar-refractivity contribution in [3.8, 4) is 11.1 Å². The lowest BCUT2D eigenvalue weighted by Gasteiger charge is -1.98. The fourth-order valence-electron chi connectivity index (χ4n) is 1.26. The normalized spacial score (nSPS) is 8.31. The van der Waals surface area contributed by atoms with Crippen molar-refractivity contribution in [2.24, 2.45) is 4.88 Å². The van der Waals surface area contributed by atoms with Gasteiger partial charge in [0.2, 0.25) is 0 Å². The second-order valence-electron chi connectivity index (χ2n) is 2.94. The molecule has 0 heterocycles. The van der Waals surface area contributed by atoms with Gasteiger partial charge in [-0.3, -0.25) is 0 Å². The molecule has 3 nitrogen and oxygen atoms in total. The van der Waals surface area contributed by atoms with Crippen LogP contribution >= 0.6 is 9.39 Å². The van der Waals surface area contributed by atoms with Crippen molar-refractivity contribution >= 4 is 9.39 Å². The van der Waals surface area contributed by atoms with E-state index in [9.17, 15) is 0 Å². The summed E-state index contributed by atoms with van der Waals surface area (Å²) in [6.07, 6.45) is 0. The van der Waals surface area contributed by atoms with E-state index in [4.69, 9.17) is 5.53 Å². The quantitative estimate of drug-likeness (QED) is 0.300. The number of benzene rings is 2. The highest BCUT2D eigenvalue weighted by Gasteiger charge is 1.91. The van der Waals surface area contributed by atoms with E-state index in [1.807, 2.05) is 21.5 Å². The molecule has 16 heavy (non-hydrogen) atoms. The van der Waals surface area contributed by atoms with Gasteiger partial charge in [-0.1, -0.05) is 65.5 Å². The summed E-state index contributed by atoms with van der Waals surface area (Å²) in [7, 11) is 1.86. The van der Waals surface area contributed by atoms with E-state index in [1.54, 1.807) is 0 Å². The number of hydrogen-bond donors (Lipinski definition) is 0. The second kappa shape index (κ2) is 7.47. The first-order valence-corrected chi connectivity index (χ1v) is 5.25. The van der Waals surface area contributed by atoms with Crippen molar-refractivity contribution in [2.75, 3.05) is 0 Å². The lowest BCUT2D eigenvalue weighted by molar-refractivity contribution is 1.62. The topological polar surface area (TPSA) is 48.8 Å². The van der Waals surface area contributed by atoms with E-state index in [0.29, 0.717) is 0 Å². The molecule has 0 amide bonds. The maximum Gasteiger partial charge on any atom is 0.00419 e. The molecule has 2 aromatic carbocycles. The standard InChI is InChI=1S/C12H10.H2N3P/c1-3-7-11(8-4-1)12-9-5-2-6-10-12;1-2-3-4/h1-10H;4H2. The van der Waals surface area contributed by atoms with Gasteiger partial charge in [-0.2, -0.15) is 0 Å². The molecule has 2 aromatic rings. The molecule has 1 unspecified atom stereocenters. The van der Waals surface area contributed by atoms with E-state index in [-0.39, 0.29) is 0 Å². The average molecular weight is 229 g/mol. The van der Waals surface area contributed by atoms with Crippen LogP contribution in [-0.4, -0.2) is 0 Å². The summed E-state index contributed by atoms with van der Waals surface area (Å²) in [6, 6.07) is 20.8. The first kappa shape index (κ1) is 12.3. The van der Waals surface area contributed by atoms with Gasteiger partial charge in [0.1, 0.15) is 0 Å². The minimum absolute atomic E-state index is 1.28. The maximum atomic E-state index is 7.31. The molecule has 0 aliphatic heterocycles. The average Bonchev–Trinajstić information content (AvgIpc) is 2.41. The fraction of sp³-hybridized carbons (Fsp3) is 0. The minimum Gasteiger partial charge on any atom is -0.0793 e. The monoisotopic (exact) mass is 229 g/mol. The number of azide groups is 1. The SMILES string of the molecule is [N-]=[N+]=NP.c1ccc(-c2ccccc2)cc1. The third kappa shape index (κ3) is 4.14. The van der Waals surface area contributed by atoms with Crippen LogP contribution in [0.15, 0.2) is 65.5 Å². The molecule has 4 heteroatoms. The van der Waals surface area contributed by atoms with Gasteiger partial charge in [-0.15, -0.1) is 0 Å². The van der Waals surface area contributed by atoms with Crippen LogP contribution in [0.1, 0.15) is 0 Å². The minimum atomic E-state index is 1.28. The molecule has 2 rings (SSSR count). The van der Waals surface area contributed by atoms with Gasteiger partial charge in [0.05, 0.1) is 0 Å². The van der Waals surface area contributed by atoms with Crippen LogP contribution in [0, 0.1) is 0 Å². The lowest BCUT2D eigenvalue weighted by atomic mass is 10.1. The van der Waals surface area contributed by atoms with Crippen LogP contribution in [0.4, 0.5) is 0 Å². The Morgan fingerprint density at radius 3 is 1.38 bits per heavy atom. The smallest absolute Gasteiger partial charge is 0.00419 e. The zero-order valence-electron chi connectivity index (χ0n) is 8.69. The molecule has 0 saturated heterocycles. The Kier molecular flexibility index (Phi) is 5.72. The molecule has 0 aliphatic rings. The lowest BCUT2D eigenvalue weighted by Crippen LogP contribution is -1.73. The van der Waals surface area contributed by atoms with Crippen molar-refractivity contribution in [1.29, 1.82) is 0 Å². The number of rotatable bonds is 1. The van der Waals surface area contributed by atoms with E-state index in [0.717, 1.165) is 0 Å². The van der Waals surface area contributed by atoms with Crippen molar-refractivity contribution in [2.45, 2.75) is 0 Å². The van der Waals surface area contributed by atoms with Gasteiger partial charge >= 0.3 is 0 Å². The van der Waals surface area contributed by atoms with Gasteiger partial charge in [0.15, 0.2) is 0 Å². The molecular weight excluding hydrogens is 217 g/mol. The van der Waals surface area contributed by atoms with E-state index in [1.165, 1.54) is 11.1 Å². The molecule has 80 valence electrons. The largest absolute Gasteiger partial charge is 0.0793 e. The van der Waals surface area contributed by atoms with Gasteiger partial charge in [0.25, 0.3) is 0 Å². The van der Waals surface area contributed by atoms with Gasteiger partial charge in [0, 0.05) is 4.91 Å². The first-order valence-electron chi connectivity index (χ1n) is 4.73. The van der Waals surface area contributed by atoms with Crippen LogP contribution in [0.5, 0.6) is 0 Å². The third-order valence-corrected chi connectivity index (χ3v) is 2.04. The zero-order valence-corrected chi connectivity index (χ0v) is 9.85. The predicted octanol–water partition coefficient (Wildman–Crippen LogP) is 4.44. The Morgan fingerprint density at radius 2 is 1.12 bits per heavy atom. The van der Waals surface area contributed by atoms with Crippen molar-refractivity contribution < 1.29 is 0 Å². The predicted molar refractivity (Wildman–Crippen MR) is 70.7 cm³/mol. The summed E-state index contributed by atoms with van der Waals surface area (Å²) < 4.78 is 0. The number of hydrogen-bond acceptors (Lipinski definition) is 1. The Balaban J connectivity index is 0.000000280. The maximum absolute atomic E-state index is 7.31. The summed E-state index contributed by atoms with van der Waals surface area (Å²) >= 11 is 0. The highest BCUT2D eigenvalue weighted by molar-refractivity contribution is 7.14. The fourth-order valence-corrected chi connectivity index (χ4v) is 1.26. The van der Waals surface area contributed by atoms with E-state index < -0.39 is 0 Å². The molecule has 0 bridgehead atoms. The summed E-state index contributed by atoms with van der Waals surface area (Å²) in [5.74, 6) is 0. The van der Waals surface area contributed by atoms with Crippen molar-refractivity contribution in [3.05, 3.63) is 71.1 Å². The number of nitrogens with zero attached hydrogens (tertiary/aromatic N) is 3. The Labute approximate surface area is 97.0 Å². The Hall–Kier alpha value is -1.82. The zero-order chi connectivity index (χ0) is 11.6. The molecule has 0 N–H and O–H groups in total. The van der Waals surface area contributed by atoms with Crippen LogP contribution in [0.3, 0.4) is 0 Å². The summed E-state index contributed by atoms with van der Waals surface area (Å²) in [5, 5.41) is 0. The molecule has 1 atom stereocenters. The van der Waals surface area contributed by atoms with Crippen LogP contribution in [0.25, 0.3) is 21.6 Å². The summed E-state index contributed by atoms with van der Waals surface area (Å²) in [4.78, 5) is 5.16. The van der Waals surface area contributed by atoms with E-state index >= 15 is 0 Å². The van der Waals surface area contributed by atoms with Crippen LogP contribution in [0.2, 0.25) is 0 Å². The molecule has 0 radical (unpaired) electrons. The summed E-state index contributed by atoms with van der Waals surface area (Å²) in [6.45, 7) is 0. The highest BCUT2D eigenvalue weighted by Crippen LogP contribution is 2.17. The first-order chi connectivity index (χ1) is 7.88. The molecule has 0 saturated carbocycles. The Bertz CT molecular complexity index is 413. The van der Waals surface area contributed by atoms with Crippen LogP contribution < -0.4 is 0 Å². The molecular formula is C12H12N3P. The van der Waals surface area contributed by atoms with Crippen molar-refractivity contribution in [3.63, 3.8) is 0 Å². The Morgan fingerprint density at radius 1 is 0.812 bits per heavy atom. The van der Waals surface area contributed by atoms with Gasteiger partial charge < -0.3 is 0 Å². The van der Waals surface area contributed by atoms with Crippen LogP contribution in [-0.2, 0) is 0 Å². The van der Waals surface area contributed by atoms with Gasteiger partial charge in [-0.25, -0.2) is 0 Å². The molecule has 0 fully saturated rings.